The molecule has 0 bridgehead atoms. The summed E-state index contributed by atoms with van der Waals surface area (Å²) in [5.74, 6) is -1.03. The van der Waals surface area contributed by atoms with E-state index >= 15 is 0 Å². The number of hydrogen-bond acceptors (Lipinski definition) is 3. The SMILES string of the molecule is O=C(NNC(=S)Nc1ccccc1F)c1ccc(Cl)cc1N1CCCC1=O. The van der Waals surface area contributed by atoms with Crippen molar-refractivity contribution in [3.63, 3.8) is 0 Å². The van der Waals surface area contributed by atoms with Gasteiger partial charge in [-0.1, -0.05) is 23.7 Å². The van der Waals surface area contributed by atoms with Crippen molar-refractivity contribution in [3.8, 4) is 0 Å². The Morgan fingerprint density at radius 1 is 1.19 bits per heavy atom. The van der Waals surface area contributed by atoms with Gasteiger partial charge in [-0.25, -0.2) is 4.39 Å². The molecule has 0 atom stereocenters. The summed E-state index contributed by atoms with van der Waals surface area (Å²) in [6, 6.07) is 10.7. The Hall–Kier alpha value is -2.71. The van der Waals surface area contributed by atoms with Gasteiger partial charge in [-0.15, -0.1) is 0 Å². The molecule has 0 saturated carbocycles. The second-order valence-electron chi connectivity index (χ2n) is 5.82. The van der Waals surface area contributed by atoms with E-state index in [1.165, 1.54) is 23.1 Å². The van der Waals surface area contributed by atoms with Crippen LogP contribution in [0.4, 0.5) is 15.8 Å². The third kappa shape index (κ3) is 4.53. The van der Waals surface area contributed by atoms with E-state index < -0.39 is 11.7 Å². The van der Waals surface area contributed by atoms with Crippen LogP contribution in [0.5, 0.6) is 0 Å². The number of nitrogens with one attached hydrogen (secondary N) is 3. The smallest absolute Gasteiger partial charge is 0.271 e. The number of hydrazine groups is 1. The highest BCUT2D eigenvalue weighted by Crippen LogP contribution is 2.28. The van der Waals surface area contributed by atoms with E-state index in [-0.39, 0.29) is 22.3 Å². The number of rotatable bonds is 3. The number of amides is 2. The minimum absolute atomic E-state index is 0.0150. The Morgan fingerprint density at radius 2 is 1.96 bits per heavy atom. The van der Waals surface area contributed by atoms with Crippen molar-refractivity contribution in [2.45, 2.75) is 12.8 Å². The molecule has 1 heterocycles. The number of halogens is 2. The van der Waals surface area contributed by atoms with E-state index in [9.17, 15) is 14.0 Å². The highest BCUT2D eigenvalue weighted by Gasteiger charge is 2.26. The molecular weight excluding hydrogens is 391 g/mol. The molecule has 2 aromatic carbocycles. The van der Waals surface area contributed by atoms with Gasteiger partial charge in [0, 0.05) is 18.0 Å². The van der Waals surface area contributed by atoms with E-state index in [4.69, 9.17) is 23.8 Å². The minimum atomic E-state index is -0.501. The Kier molecular flexibility index (Phi) is 5.88. The molecule has 1 aliphatic heterocycles. The number of anilines is 2. The highest BCUT2D eigenvalue weighted by atomic mass is 35.5. The largest absolute Gasteiger partial charge is 0.329 e. The van der Waals surface area contributed by atoms with E-state index in [2.05, 4.69) is 16.2 Å². The molecule has 0 spiro atoms. The van der Waals surface area contributed by atoms with Gasteiger partial charge in [-0.2, -0.15) is 0 Å². The summed E-state index contributed by atoms with van der Waals surface area (Å²) in [5.41, 5.74) is 5.85. The summed E-state index contributed by atoms with van der Waals surface area (Å²) in [5, 5.41) is 3.09. The van der Waals surface area contributed by atoms with E-state index in [1.54, 1.807) is 24.3 Å². The summed E-state index contributed by atoms with van der Waals surface area (Å²) in [7, 11) is 0. The van der Waals surface area contributed by atoms with Crippen LogP contribution in [0.3, 0.4) is 0 Å². The fraction of sp³-hybridized carbons (Fsp3) is 0.167. The fourth-order valence-electron chi connectivity index (χ4n) is 2.72. The second kappa shape index (κ2) is 8.32. The molecule has 0 aliphatic carbocycles. The van der Waals surface area contributed by atoms with Crippen molar-refractivity contribution in [1.82, 2.24) is 10.9 Å². The molecule has 27 heavy (non-hydrogen) atoms. The maximum Gasteiger partial charge on any atom is 0.271 e. The number of para-hydroxylation sites is 1. The second-order valence-corrected chi connectivity index (χ2v) is 6.67. The highest BCUT2D eigenvalue weighted by molar-refractivity contribution is 7.80. The van der Waals surface area contributed by atoms with Crippen LogP contribution < -0.4 is 21.1 Å². The molecule has 9 heteroatoms. The first-order valence-corrected chi connectivity index (χ1v) is 8.96. The van der Waals surface area contributed by atoms with Gasteiger partial charge in [0.25, 0.3) is 5.91 Å². The number of hydrogen-bond donors (Lipinski definition) is 3. The first-order chi connectivity index (χ1) is 13.0. The predicted octanol–water partition coefficient (Wildman–Crippen LogP) is 3.24. The van der Waals surface area contributed by atoms with Crippen LogP contribution in [0.2, 0.25) is 5.02 Å². The van der Waals surface area contributed by atoms with E-state index in [0.29, 0.717) is 23.7 Å². The van der Waals surface area contributed by atoms with Gasteiger partial charge >= 0.3 is 0 Å². The maximum atomic E-state index is 13.6. The molecule has 140 valence electrons. The molecule has 2 aromatic rings. The maximum absolute atomic E-state index is 13.6. The molecule has 1 saturated heterocycles. The summed E-state index contributed by atoms with van der Waals surface area (Å²) >= 11 is 11.1. The van der Waals surface area contributed by atoms with Crippen LogP contribution in [0.25, 0.3) is 0 Å². The zero-order valence-electron chi connectivity index (χ0n) is 14.1. The molecule has 1 fully saturated rings. The summed E-state index contributed by atoms with van der Waals surface area (Å²) < 4.78 is 13.6. The van der Waals surface area contributed by atoms with Crippen molar-refractivity contribution in [2.24, 2.45) is 0 Å². The number of carbonyl (C=O) groups is 2. The van der Waals surface area contributed by atoms with Gasteiger partial charge in [0.2, 0.25) is 5.91 Å². The van der Waals surface area contributed by atoms with Crippen molar-refractivity contribution < 1.29 is 14.0 Å². The number of benzene rings is 2. The Bertz CT molecular complexity index is 909. The zero-order valence-corrected chi connectivity index (χ0v) is 15.7. The normalized spacial score (nSPS) is 13.4. The van der Waals surface area contributed by atoms with E-state index in [0.717, 1.165) is 6.42 Å². The molecule has 0 radical (unpaired) electrons. The Labute approximate surface area is 165 Å². The molecule has 6 nitrogen and oxygen atoms in total. The monoisotopic (exact) mass is 406 g/mol. The van der Waals surface area contributed by atoms with Crippen LogP contribution in [0.15, 0.2) is 42.5 Å². The first-order valence-electron chi connectivity index (χ1n) is 8.17. The van der Waals surface area contributed by atoms with Crippen molar-refractivity contribution >= 4 is 52.1 Å². The lowest BCUT2D eigenvalue weighted by Crippen LogP contribution is -2.44. The van der Waals surface area contributed by atoms with Gasteiger partial charge in [0.1, 0.15) is 5.82 Å². The lowest BCUT2D eigenvalue weighted by molar-refractivity contribution is -0.117. The van der Waals surface area contributed by atoms with Gasteiger partial charge in [0.05, 0.1) is 16.9 Å². The predicted molar refractivity (Wildman–Crippen MR) is 106 cm³/mol. The number of carbonyl (C=O) groups excluding carboxylic acids is 2. The first kappa shape index (κ1) is 19.1. The average molecular weight is 407 g/mol. The van der Waals surface area contributed by atoms with Gasteiger partial charge in [0.15, 0.2) is 5.11 Å². The van der Waals surface area contributed by atoms with E-state index in [1.807, 2.05) is 0 Å². The number of nitrogens with zero attached hydrogens (tertiary/aromatic N) is 1. The lowest BCUT2D eigenvalue weighted by Gasteiger charge is -2.20. The van der Waals surface area contributed by atoms with Crippen LogP contribution in [0.1, 0.15) is 23.2 Å². The van der Waals surface area contributed by atoms with Crippen molar-refractivity contribution in [3.05, 3.63) is 58.9 Å². The standard InChI is InChI=1S/C18H16ClFN4O2S/c19-11-7-8-12(15(10-11)24-9-3-6-16(24)25)17(26)22-23-18(27)21-14-5-2-1-4-13(14)20/h1-2,4-5,7-8,10H,3,6,9H2,(H,22,26)(H2,21,23,27). The average Bonchev–Trinajstić information content (AvgIpc) is 3.07. The fourth-order valence-corrected chi connectivity index (χ4v) is 3.05. The van der Waals surface area contributed by atoms with Gasteiger partial charge in [-0.3, -0.25) is 20.4 Å². The van der Waals surface area contributed by atoms with Crippen molar-refractivity contribution in [2.75, 3.05) is 16.8 Å². The molecule has 3 N–H and O–H groups in total. The third-order valence-corrected chi connectivity index (χ3v) is 4.42. The zero-order chi connectivity index (χ0) is 19.4. The van der Waals surface area contributed by atoms with Crippen LogP contribution >= 0.6 is 23.8 Å². The molecule has 0 aromatic heterocycles. The van der Waals surface area contributed by atoms with Gasteiger partial charge < -0.3 is 10.2 Å². The molecular formula is C18H16ClFN4O2S. The molecule has 0 unspecified atom stereocenters. The van der Waals surface area contributed by atoms with Crippen LogP contribution in [-0.2, 0) is 4.79 Å². The Balaban J connectivity index is 1.68. The molecule has 3 rings (SSSR count). The van der Waals surface area contributed by atoms with Crippen LogP contribution in [-0.4, -0.2) is 23.5 Å². The minimum Gasteiger partial charge on any atom is -0.329 e. The molecule has 2 amide bonds. The van der Waals surface area contributed by atoms with Crippen molar-refractivity contribution in [1.29, 1.82) is 0 Å². The summed E-state index contributed by atoms with van der Waals surface area (Å²) in [6.45, 7) is 0.528. The van der Waals surface area contributed by atoms with Crippen LogP contribution in [0, 0.1) is 5.82 Å². The summed E-state index contributed by atoms with van der Waals surface area (Å²) in [6.07, 6.45) is 1.16. The third-order valence-electron chi connectivity index (χ3n) is 3.98. The summed E-state index contributed by atoms with van der Waals surface area (Å²) in [4.78, 5) is 26.1. The van der Waals surface area contributed by atoms with Gasteiger partial charge in [-0.05, 0) is 49.0 Å². The topological polar surface area (TPSA) is 73.5 Å². The Morgan fingerprint density at radius 3 is 2.67 bits per heavy atom. The number of thiocarbonyl (C=S) groups is 1. The quantitative estimate of drug-likeness (QED) is 0.539. The molecule has 1 aliphatic rings. The lowest BCUT2D eigenvalue weighted by atomic mass is 10.1.